The number of anilines is 1. The second-order valence-electron chi connectivity index (χ2n) is 4.12. The Kier molecular flexibility index (Phi) is 4.60. The third-order valence-electron chi connectivity index (χ3n) is 2.62. The van der Waals surface area contributed by atoms with Gasteiger partial charge in [-0.15, -0.1) is 0 Å². The number of rotatable bonds is 4. The van der Waals surface area contributed by atoms with Crippen LogP contribution in [0.25, 0.3) is 0 Å². The highest BCUT2D eigenvalue weighted by Gasteiger charge is 2.16. The maximum absolute atomic E-state index is 13.0. The molecule has 0 spiro atoms. The molecule has 0 atom stereocenters. The van der Waals surface area contributed by atoms with E-state index in [2.05, 4.69) is 20.7 Å². The molecule has 2 rings (SSSR count). The van der Waals surface area contributed by atoms with Gasteiger partial charge in [-0.1, -0.05) is 24.4 Å². The average Bonchev–Trinajstić information content (AvgIpc) is 2.42. The van der Waals surface area contributed by atoms with E-state index in [1.807, 2.05) is 0 Å². The molecule has 2 aromatic rings. The van der Waals surface area contributed by atoms with Crippen molar-refractivity contribution in [1.82, 2.24) is 0 Å². The molecule has 21 heavy (non-hydrogen) atoms. The molecule has 0 unspecified atom stereocenters. The topological polar surface area (TPSA) is 72.2 Å². The first-order valence-electron chi connectivity index (χ1n) is 5.67. The lowest BCUT2D eigenvalue weighted by atomic mass is 10.2. The van der Waals surface area contributed by atoms with E-state index in [1.165, 1.54) is 42.5 Å². The number of halogens is 2. The Bertz CT molecular complexity index is 792. The minimum absolute atomic E-state index is 0.0544. The molecule has 0 amide bonds. The lowest BCUT2D eigenvalue weighted by Gasteiger charge is -2.10. The zero-order valence-electron chi connectivity index (χ0n) is 10.5. The highest BCUT2D eigenvalue weighted by molar-refractivity contribution is 9.10. The van der Waals surface area contributed by atoms with Crippen molar-refractivity contribution in [3.8, 4) is 0 Å². The number of thiocarbonyl (C=S) groups is 1. The number of hydrogen-bond donors (Lipinski definition) is 2. The van der Waals surface area contributed by atoms with Crippen LogP contribution in [0.5, 0.6) is 0 Å². The SMILES string of the molecule is NC(=S)c1ccc(S(=O)(=O)Nc2ccc(F)cc2Br)cc1. The summed E-state index contributed by atoms with van der Waals surface area (Å²) in [6, 6.07) is 9.52. The predicted molar refractivity (Wildman–Crippen MR) is 87.2 cm³/mol. The van der Waals surface area contributed by atoms with Crippen molar-refractivity contribution < 1.29 is 12.8 Å². The second kappa shape index (κ2) is 6.08. The third kappa shape index (κ3) is 3.78. The second-order valence-corrected chi connectivity index (χ2v) is 7.09. The van der Waals surface area contributed by atoms with E-state index >= 15 is 0 Å². The lowest BCUT2D eigenvalue weighted by Crippen LogP contribution is -2.14. The minimum Gasteiger partial charge on any atom is -0.389 e. The molecule has 110 valence electrons. The summed E-state index contributed by atoms with van der Waals surface area (Å²) in [5, 5.41) is 0. The van der Waals surface area contributed by atoms with E-state index in [-0.39, 0.29) is 15.6 Å². The summed E-state index contributed by atoms with van der Waals surface area (Å²) in [5.41, 5.74) is 6.28. The Balaban J connectivity index is 2.31. The third-order valence-corrected chi connectivity index (χ3v) is 4.90. The Morgan fingerprint density at radius 1 is 1.19 bits per heavy atom. The highest BCUT2D eigenvalue weighted by Crippen LogP contribution is 2.25. The fraction of sp³-hybridized carbons (Fsp3) is 0. The van der Waals surface area contributed by atoms with Gasteiger partial charge in [-0.05, 0) is 46.3 Å². The van der Waals surface area contributed by atoms with E-state index in [1.54, 1.807) is 0 Å². The lowest BCUT2D eigenvalue weighted by molar-refractivity contribution is 0.601. The first kappa shape index (κ1) is 15.9. The molecule has 3 N–H and O–H groups in total. The molecule has 0 saturated carbocycles. The summed E-state index contributed by atoms with van der Waals surface area (Å²) < 4.78 is 40.1. The van der Waals surface area contributed by atoms with Crippen LogP contribution in [0.15, 0.2) is 51.8 Å². The van der Waals surface area contributed by atoms with Crippen LogP contribution in [0.1, 0.15) is 5.56 Å². The normalized spacial score (nSPS) is 11.1. The van der Waals surface area contributed by atoms with Crippen molar-refractivity contribution >= 4 is 48.8 Å². The quantitative estimate of drug-likeness (QED) is 0.789. The van der Waals surface area contributed by atoms with Crippen molar-refractivity contribution in [2.24, 2.45) is 5.73 Å². The van der Waals surface area contributed by atoms with Crippen LogP contribution in [-0.2, 0) is 10.0 Å². The molecule has 0 heterocycles. The van der Waals surface area contributed by atoms with E-state index in [4.69, 9.17) is 18.0 Å². The smallest absolute Gasteiger partial charge is 0.261 e. The van der Waals surface area contributed by atoms with Crippen LogP contribution in [0.3, 0.4) is 0 Å². The Hall–Kier alpha value is -1.51. The molecular weight excluding hydrogens is 379 g/mol. The number of benzene rings is 2. The first-order valence-corrected chi connectivity index (χ1v) is 8.36. The van der Waals surface area contributed by atoms with Crippen LogP contribution in [0, 0.1) is 5.82 Å². The van der Waals surface area contributed by atoms with Crippen LogP contribution in [0.2, 0.25) is 0 Å². The Morgan fingerprint density at radius 3 is 2.33 bits per heavy atom. The van der Waals surface area contributed by atoms with Gasteiger partial charge in [0.1, 0.15) is 10.8 Å². The molecule has 8 heteroatoms. The van der Waals surface area contributed by atoms with Gasteiger partial charge in [-0.25, -0.2) is 12.8 Å². The molecule has 0 aliphatic carbocycles. The summed E-state index contributed by atoms with van der Waals surface area (Å²) in [6.45, 7) is 0. The summed E-state index contributed by atoms with van der Waals surface area (Å²) in [4.78, 5) is 0.243. The summed E-state index contributed by atoms with van der Waals surface area (Å²) in [6.07, 6.45) is 0. The molecule has 0 aromatic heterocycles. The van der Waals surface area contributed by atoms with Gasteiger partial charge in [0, 0.05) is 10.0 Å². The predicted octanol–water partition coefficient (Wildman–Crippen LogP) is 3.02. The molecule has 4 nitrogen and oxygen atoms in total. The average molecular weight is 389 g/mol. The van der Waals surface area contributed by atoms with Crippen LogP contribution < -0.4 is 10.5 Å². The fourth-order valence-electron chi connectivity index (χ4n) is 1.57. The Morgan fingerprint density at radius 2 is 1.81 bits per heavy atom. The number of nitrogens with two attached hydrogens (primary N) is 1. The molecule has 0 aliphatic rings. The van der Waals surface area contributed by atoms with Crippen molar-refractivity contribution in [2.75, 3.05) is 4.72 Å². The summed E-state index contributed by atoms with van der Waals surface area (Å²) >= 11 is 7.91. The van der Waals surface area contributed by atoms with E-state index < -0.39 is 15.8 Å². The zero-order valence-corrected chi connectivity index (χ0v) is 13.7. The number of hydrogen-bond acceptors (Lipinski definition) is 3. The van der Waals surface area contributed by atoms with Gasteiger partial charge < -0.3 is 5.73 Å². The monoisotopic (exact) mass is 388 g/mol. The van der Waals surface area contributed by atoms with Crippen LogP contribution in [-0.4, -0.2) is 13.4 Å². The maximum atomic E-state index is 13.0. The standard InChI is InChI=1S/C13H10BrFN2O2S2/c14-11-7-9(15)3-6-12(11)17-21(18,19)10-4-1-8(2-5-10)13(16)20/h1-7,17H,(H2,16,20). The Labute approximate surface area is 135 Å². The van der Waals surface area contributed by atoms with Crippen molar-refractivity contribution in [2.45, 2.75) is 4.90 Å². The van der Waals surface area contributed by atoms with Gasteiger partial charge in [-0.2, -0.15) is 0 Å². The highest BCUT2D eigenvalue weighted by atomic mass is 79.9. The molecule has 0 bridgehead atoms. The maximum Gasteiger partial charge on any atom is 0.261 e. The molecule has 0 radical (unpaired) electrons. The van der Waals surface area contributed by atoms with Crippen molar-refractivity contribution in [3.05, 3.63) is 58.3 Å². The van der Waals surface area contributed by atoms with Gasteiger partial charge in [0.25, 0.3) is 10.0 Å². The van der Waals surface area contributed by atoms with Gasteiger partial charge >= 0.3 is 0 Å². The largest absolute Gasteiger partial charge is 0.389 e. The van der Waals surface area contributed by atoms with Gasteiger partial charge in [0.15, 0.2) is 0 Å². The summed E-state index contributed by atoms with van der Waals surface area (Å²) in [5.74, 6) is -0.467. The number of nitrogens with one attached hydrogen (secondary N) is 1. The van der Waals surface area contributed by atoms with E-state index in [0.29, 0.717) is 10.0 Å². The van der Waals surface area contributed by atoms with Crippen molar-refractivity contribution in [1.29, 1.82) is 0 Å². The van der Waals surface area contributed by atoms with Crippen LogP contribution >= 0.6 is 28.1 Å². The van der Waals surface area contributed by atoms with Gasteiger partial charge in [0.2, 0.25) is 0 Å². The van der Waals surface area contributed by atoms with E-state index in [0.717, 1.165) is 0 Å². The first-order chi connectivity index (χ1) is 9.79. The molecule has 2 aromatic carbocycles. The van der Waals surface area contributed by atoms with Crippen LogP contribution in [0.4, 0.5) is 10.1 Å². The number of sulfonamides is 1. The molecule has 0 aliphatic heterocycles. The van der Waals surface area contributed by atoms with Gasteiger partial charge in [-0.3, -0.25) is 4.72 Å². The van der Waals surface area contributed by atoms with Gasteiger partial charge in [0.05, 0.1) is 10.6 Å². The minimum atomic E-state index is -3.78. The van der Waals surface area contributed by atoms with E-state index in [9.17, 15) is 12.8 Å². The molecular formula is C13H10BrFN2O2S2. The fourth-order valence-corrected chi connectivity index (χ4v) is 3.37. The molecule has 0 fully saturated rings. The summed E-state index contributed by atoms with van der Waals surface area (Å²) in [7, 11) is -3.78. The van der Waals surface area contributed by atoms with Crippen molar-refractivity contribution in [3.63, 3.8) is 0 Å². The zero-order chi connectivity index (χ0) is 15.6. The molecule has 0 saturated heterocycles.